The summed E-state index contributed by atoms with van der Waals surface area (Å²) in [4.78, 5) is 2.45. The van der Waals surface area contributed by atoms with Crippen LogP contribution in [-0.2, 0) is 6.42 Å². The molecule has 0 aliphatic carbocycles. The van der Waals surface area contributed by atoms with E-state index in [1.807, 2.05) is 0 Å². The number of aryl methyl sites for hydroxylation is 1. The van der Waals surface area contributed by atoms with E-state index in [0.29, 0.717) is 5.92 Å². The predicted octanol–water partition coefficient (Wildman–Crippen LogP) is 3.26. The van der Waals surface area contributed by atoms with Gasteiger partial charge in [0, 0.05) is 18.8 Å². The maximum Gasteiger partial charge on any atom is 0.0401 e. The van der Waals surface area contributed by atoms with Gasteiger partial charge in [-0.25, -0.2) is 0 Å². The van der Waals surface area contributed by atoms with Crippen LogP contribution in [0.15, 0.2) is 36.4 Å². The Morgan fingerprint density at radius 2 is 2.13 bits per heavy atom. The van der Waals surface area contributed by atoms with Crippen LogP contribution >= 0.6 is 0 Å². The highest BCUT2D eigenvalue weighted by Gasteiger charge is 2.23. The van der Waals surface area contributed by atoms with E-state index in [1.165, 1.54) is 16.8 Å². The maximum absolute atomic E-state index is 4.12. The lowest BCUT2D eigenvalue weighted by Gasteiger charge is -2.20. The molecule has 0 saturated carbocycles. The highest BCUT2D eigenvalue weighted by Crippen LogP contribution is 2.29. The zero-order chi connectivity index (χ0) is 10.8. The minimum absolute atomic E-state index is 0.634. The van der Waals surface area contributed by atoms with E-state index in [4.69, 9.17) is 0 Å². The highest BCUT2D eigenvalue weighted by molar-refractivity contribution is 5.56. The molecule has 0 aromatic heterocycles. The number of benzene rings is 1. The SMILES string of the molecule is C=C1CN(c2ccccc2CC)C[C@@H]1C. The van der Waals surface area contributed by atoms with Gasteiger partial charge in [-0.2, -0.15) is 0 Å². The van der Waals surface area contributed by atoms with Crippen molar-refractivity contribution in [2.75, 3.05) is 18.0 Å². The number of anilines is 1. The van der Waals surface area contributed by atoms with E-state index in [-0.39, 0.29) is 0 Å². The Morgan fingerprint density at radius 1 is 1.40 bits per heavy atom. The summed E-state index contributed by atoms with van der Waals surface area (Å²) in [6.45, 7) is 10.7. The van der Waals surface area contributed by atoms with Gasteiger partial charge in [-0.05, 0) is 24.0 Å². The minimum atomic E-state index is 0.634. The molecular formula is C14H19N. The summed E-state index contributed by atoms with van der Waals surface area (Å²) < 4.78 is 0. The largest absolute Gasteiger partial charge is 0.367 e. The molecule has 2 rings (SSSR count). The van der Waals surface area contributed by atoms with Crippen LogP contribution in [0.3, 0.4) is 0 Å². The second-order valence-electron chi connectivity index (χ2n) is 4.42. The first kappa shape index (κ1) is 10.3. The first-order valence-corrected chi connectivity index (χ1v) is 5.73. The monoisotopic (exact) mass is 201 g/mol. The Labute approximate surface area is 92.4 Å². The van der Waals surface area contributed by atoms with E-state index in [9.17, 15) is 0 Å². The van der Waals surface area contributed by atoms with Gasteiger partial charge in [0.25, 0.3) is 0 Å². The first-order valence-electron chi connectivity index (χ1n) is 5.73. The van der Waals surface area contributed by atoms with E-state index < -0.39 is 0 Å². The van der Waals surface area contributed by atoms with Gasteiger partial charge in [-0.3, -0.25) is 0 Å². The van der Waals surface area contributed by atoms with Crippen molar-refractivity contribution < 1.29 is 0 Å². The Bertz CT molecular complexity index is 367. The third-order valence-electron chi connectivity index (χ3n) is 3.30. The van der Waals surface area contributed by atoms with Gasteiger partial charge in [0.15, 0.2) is 0 Å². The van der Waals surface area contributed by atoms with Crippen molar-refractivity contribution >= 4 is 5.69 Å². The fourth-order valence-electron chi connectivity index (χ4n) is 2.23. The third-order valence-corrected chi connectivity index (χ3v) is 3.30. The molecule has 1 aromatic rings. The average molecular weight is 201 g/mol. The molecule has 1 aliphatic rings. The summed E-state index contributed by atoms with van der Waals surface area (Å²) in [7, 11) is 0. The summed E-state index contributed by atoms with van der Waals surface area (Å²) in [6.07, 6.45) is 1.10. The molecule has 15 heavy (non-hydrogen) atoms. The van der Waals surface area contributed by atoms with Crippen molar-refractivity contribution in [2.45, 2.75) is 20.3 Å². The lowest BCUT2D eigenvalue weighted by atomic mass is 10.1. The van der Waals surface area contributed by atoms with E-state index in [0.717, 1.165) is 19.5 Å². The standard InChI is InChI=1S/C14H19N/c1-4-13-7-5-6-8-14(13)15-9-11(2)12(3)10-15/h5-8,12H,2,4,9-10H2,1,3H3/t12-/m0/s1. The van der Waals surface area contributed by atoms with Gasteiger partial charge < -0.3 is 4.90 Å². The molecule has 0 N–H and O–H groups in total. The lowest BCUT2D eigenvalue weighted by molar-refractivity contribution is 0.757. The minimum Gasteiger partial charge on any atom is -0.367 e. The molecule has 1 heterocycles. The van der Waals surface area contributed by atoms with Crippen LogP contribution in [0.1, 0.15) is 19.4 Å². The first-order chi connectivity index (χ1) is 7.22. The summed E-state index contributed by atoms with van der Waals surface area (Å²) >= 11 is 0. The molecule has 1 aliphatic heterocycles. The van der Waals surface area contributed by atoms with Gasteiger partial charge in [0.1, 0.15) is 0 Å². The van der Waals surface area contributed by atoms with E-state index >= 15 is 0 Å². The number of para-hydroxylation sites is 1. The molecule has 1 heteroatoms. The molecule has 1 atom stereocenters. The molecule has 1 nitrogen and oxygen atoms in total. The maximum atomic E-state index is 4.12. The van der Waals surface area contributed by atoms with Crippen molar-refractivity contribution in [3.8, 4) is 0 Å². The summed E-state index contributed by atoms with van der Waals surface area (Å²) in [6, 6.07) is 8.70. The average Bonchev–Trinajstić information content (AvgIpc) is 2.59. The van der Waals surface area contributed by atoms with Gasteiger partial charge >= 0.3 is 0 Å². The second kappa shape index (κ2) is 4.09. The van der Waals surface area contributed by atoms with Crippen molar-refractivity contribution in [1.29, 1.82) is 0 Å². The van der Waals surface area contributed by atoms with Crippen LogP contribution in [0.4, 0.5) is 5.69 Å². The predicted molar refractivity (Wildman–Crippen MR) is 66.3 cm³/mol. The molecule has 0 radical (unpaired) electrons. The zero-order valence-electron chi connectivity index (χ0n) is 9.66. The molecule has 0 amide bonds. The molecule has 0 unspecified atom stereocenters. The number of rotatable bonds is 2. The lowest BCUT2D eigenvalue weighted by Crippen LogP contribution is -2.20. The molecule has 1 saturated heterocycles. The topological polar surface area (TPSA) is 3.24 Å². The number of nitrogens with zero attached hydrogens (tertiary/aromatic N) is 1. The van der Waals surface area contributed by atoms with Gasteiger partial charge in [-0.1, -0.05) is 44.2 Å². The van der Waals surface area contributed by atoms with Crippen LogP contribution in [0.5, 0.6) is 0 Å². The number of hydrogen-bond donors (Lipinski definition) is 0. The van der Waals surface area contributed by atoms with Gasteiger partial charge in [0.05, 0.1) is 0 Å². The quantitative estimate of drug-likeness (QED) is 0.664. The summed E-state index contributed by atoms with van der Waals surface area (Å²) in [5.74, 6) is 0.634. The van der Waals surface area contributed by atoms with Crippen molar-refractivity contribution in [2.24, 2.45) is 5.92 Å². The third kappa shape index (κ3) is 1.92. The van der Waals surface area contributed by atoms with Crippen LogP contribution in [0.2, 0.25) is 0 Å². The smallest absolute Gasteiger partial charge is 0.0401 e. The Balaban J connectivity index is 2.27. The van der Waals surface area contributed by atoms with Gasteiger partial charge in [-0.15, -0.1) is 0 Å². The molecule has 0 spiro atoms. The normalized spacial score (nSPS) is 21.1. The summed E-state index contributed by atoms with van der Waals surface area (Å²) in [5.41, 5.74) is 4.20. The van der Waals surface area contributed by atoms with Crippen LogP contribution in [-0.4, -0.2) is 13.1 Å². The zero-order valence-corrected chi connectivity index (χ0v) is 9.66. The second-order valence-corrected chi connectivity index (χ2v) is 4.42. The molecule has 1 fully saturated rings. The Morgan fingerprint density at radius 3 is 2.73 bits per heavy atom. The molecular weight excluding hydrogens is 182 g/mol. The van der Waals surface area contributed by atoms with E-state index in [1.54, 1.807) is 0 Å². The van der Waals surface area contributed by atoms with Crippen molar-refractivity contribution in [3.63, 3.8) is 0 Å². The van der Waals surface area contributed by atoms with Crippen molar-refractivity contribution in [3.05, 3.63) is 42.0 Å². The highest BCUT2D eigenvalue weighted by atomic mass is 15.2. The van der Waals surface area contributed by atoms with Crippen LogP contribution < -0.4 is 4.90 Å². The van der Waals surface area contributed by atoms with Crippen LogP contribution in [0.25, 0.3) is 0 Å². The molecule has 1 aromatic carbocycles. The van der Waals surface area contributed by atoms with Gasteiger partial charge in [0.2, 0.25) is 0 Å². The Hall–Kier alpha value is -1.24. The Kier molecular flexibility index (Phi) is 2.81. The summed E-state index contributed by atoms with van der Waals surface area (Å²) in [5, 5.41) is 0. The number of hydrogen-bond acceptors (Lipinski definition) is 1. The fourth-order valence-corrected chi connectivity index (χ4v) is 2.23. The fraction of sp³-hybridized carbons (Fsp3) is 0.429. The molecule has 0 bridgehead atoms. The molecule has 80 valence electrons. The van der Waals surface area contributed by atoms with Crippen molar-refractivity contribution in [1.82, 2.24) is 0 Å². The van der Waals surface area contributed by atoms with Crippen LogP contribution in [0, 0.1) is 5.92 Å². The van der Waals surface area contributed by atoms with E-state index in [2.05, 4.69) is 49.6 Å².